The molecule has 0 bridgehead atoms. The standard InChI is InChI=1S/C26H27F2N3O2S/c1-15-17(3)24(31(34)26(33)29-14-13-19-9-11-20(27)12-10-19)18(4)16(2)23(15)30-25(32)21-7-5-6-8-22(21)28/h5-12,34H,13-14H2,1-4H3,(H,29,33)(H,30,32). The second-order valence-electron chi connectivity index (χ2n) is 8.08. The molecule has 0 aromatic heterocycles. The minimum absolute atomic E-state index is 0.0444. The van der Waals surface area contributed by atoms with Crippen LogP contribution in [0.4, 0.5) is 25.0 Å². The molecule has 3 amide bonds. The van der Waals surface area contributed by atoms with E-state index in [2.05, 4.69) is 23.4 Å². The fourth-order valence-corrected chi connectivity index (χ4v) is 4.14. The van der Waals surface area contributed by atoms with Crippen LogP contribution in [0.25, 0.3) is 0 Å². The van der Waals surface area contributed by atoms with Crippen molar-refractivity contribution < 1.29 is 18.4 Å². The van der Waals surface area contributed by atoms with Gasteiger partial charge < -0.3 is 10.6 Å². The summed E-state index contributed by atoms with van der Waals surface area (Å²) < 4.78 is 28.3. The Morgan fingerprint density at radius 1 is 0.882 bits per heavy atom. The van der Waals surface area contributed by atoms with E-state index in [0.29, 0.717) is 24.3 Å². The fourth-order valence-electron chi connectivity index (χ4n) is 3.77. The van der Waals surface area contributed by atoms with Gasteiger partial charge in [-0.3, -0.25) is 4.79 Å². The number of thiol groups is 1. The van der Waals surface area contributed by atoms with Gasteiger partial charge in [0.05, 0.1) is 11.3 Å². The molecule has 0 fully saturated rings. The number of rotatable bonds is 6. The summed E-state index contributed by atoms with van der Waals surface area (Å²) in [6, 6.07) is 11.5. The number of nitrogens with one attached hydrogen (secondary N) is 2. The van der Waals surface area contributed by atoms with Crippen LogP contribution in [0.15, 0.2) is 48.5 Å². The Kier molecular flexibility index (Phi) is 7.94. The van der Waals surface area contributed by atoms with Crippen molar-refractivity contribution in [3.63, 3.8) is 0 Å². The van der Waals surface area contributed by atoms with Crippen LogP contribution in [0.3, 0.4) is 0 Å². The number of urea groups is 1. The maximum Gasteiger partial charge on any atom is 0.331 e. The lowest BCUT2D eigenvalue weighted by molar-refractivity contribution is 0.102. The Bertz CT molecular complexity index is 1200. The Hall–Kier alpha value is -3.39. The van der Waals surface area contributed by atoms with Crippen molar-refractivity contribution in [2.45, 2.75) is 34.1 Å². The van der Waals surface area contributed by atoms with Gasteiger partial charge in [-0.2, -0.15) is 0 Å². The van der Waals surface area contributed by atoms with Crippen LogP contribution < -0.4 is 14.9 Å². The molecule has 5 nitrogen and oxygen atoms in total. The van der Waals surface area contributed by atoms with E-state index >= 15 is 0 Å². The van der Waals surface area contributed by atoms with Crippen LogP contribution in [-0.2, 0) is 6.42 Å². The summed E-state index contributed by atoms with van der Waals surface area (Å²) in [6.45, 7) is 7.69. The Morgan fingerprint density at radius 2 is 1.47 bits per heavy atom. The molecule has 0 aliphatic carbocycles. The van der Waals surface area contributed by atoms with Crippen LogP contribution in [0, 0.1) is 39.3 Å². The first-order valence-electron chi connectivity index (χ1n) is 10.8. The van der Waals surface area contributed by atoms with Gasteiger partial charge in [-0.25, -0.2) is 17.9 Å². The average Bonchev–Trinajstić information content (AvgIpc) is 2.82. The SMILES string of the molecule is Cc1c(C)c(N(S)C(=O)NCCc2ccc(F)cc2)c(C)c(C)c1NC(=O)c1ccccc1F. The van der Waals surface area contributed by atoms with E-state index in [-0.39, 0.29) is 11.4 Å². The molecule has 0 unspecified atom stereocenters. The Morgan fingerprint density at radius 3 is 2.06 bits per heavy atom. The van der Waals surface area contributed by atoms with Gasteiger partial charge in [0.25, 0.3) is 5.91 Å². The summed E-state index contributed by atoms with van der Waals surface area (Å²) in [7, 11) is 0. The molecule has 0 aliphatic heterocycles. The zero-order valence-corrected chi connectivity index (χ0v) is 20.4. The molecule has 0 spiro atoms. The van der Waals surface area contributed by atoms with Gasteiger partial charge in [-0.05, 0) is 86.2 Å². The third-order valence-electron chi connectivity index (χ3n) is 5.95. The molecule has 3 aromatic rings. The van der Waals surface area contributed by atoms with Crippen molar-refractivity contribution in [1.82, 2.24) is 5.32 Å². The van der Waals surface area contributed by atoms with E-state index in [1.165, 1.54) is 34.6 Å². The summed E-state index contributed by atoms with van der Waals surface area (Å²) in [4.78, 5) is 25.4. The molecule has 0 radical (unpaired) electrons. The maximum atomic E-state index is 14.1. The monoisotopic (exact) mass is 483 g/mol. The van der Waals surface area contributed by atoms with E-state index < -0.39 is 17.8 Å². The number of amides is 3. The molecule has 8 heteroatoms. The predicted octanol–water partition coefficient (Wildman–Crippen LogP) is 6.05. The summed E-state index contributed by atoms with van der Waals surface area (Å²) >= 11 is 4.43. The highest BCUT2D eigenvalue weighted by Gasteiger charge is 2.23. The number of nitrogens with zero attached hydrogens (tertiary/aromatic N) is 1. The van der Waals surface area contributed by atoms with Gasteiger partial charge >= 0.3 is 6.03 Å². The molecular weight excluding hydrogens is 456 g/mol. The molecule has 34 heavy (non-hydrogen) atoms. The molecule has 3 rings (SSSR count). The van der Waals surface area contributed by atoms with Crippen molar-refractivity contribution in [2.75, 3.05) is 16.2 Å². The second-order valence-corrected chi connectivity index (χ2v) is 8.48. The van der Waals surface area contributed by atoms with Crippen molar-refractivity contribution in [1.29, 1.82) is 0 Å². The minimum atomic E-state index is -0.598. The summed E-state index contributed by atoms with van der Waals surface area (Å²) in [5.41, 5.74) is 5.07. The summed E-state index contributed by atoms with van der Waals surface area (Å²) in [5, 5.41) is 5.64. The molecule has 0 heterocycles. The highest BCUT2D eigenvalue weighted by molar-refractivity contribution is 7.82. The van der Waals surface area contributed by atoms with Crippen LogP contribution >= 0.6 is 12.8 Å². The molecule has 0 saturated heterocycles. The van der Waals surface area contributed by atoms with E-state index in [4.69, 9.17) is 0 Å². The van der Waals surface area contributed by atoms with E-state index in [1.54, 1.807) is 18.2 Å². The molecule has 0 aliphatic rings. The average molecular weight is 484 g/mol. The topological polar surface area (TPSA) is 61.4 Å². The van der Waals surface area contributed by atoms with Gasteiger partial charge in [0.15, 0.2) is 0 Å². The number of benzene rings is 3. The Balaban J connectivity index is 1.78. The third kappa shape index (κ3) is 5.39. The van der Waals surface area contributed by atoms with Gasteiger partial charge in [0.2, 0.25) is 0 Å². The smallest absolute Gasteiger partial charge is 0.331 e. The zero-order chi connectivity index (χ0) is 25.0. The van der Waals surface area contributed by atoms with Crippen molar-refractivity contribution in [3.8, 4) is 0 Å². The predicted molar refractivity (Wildman–Crippen MR) is 135 cm³/mol. The van der Waals surface area contributed by atoms with Gasteiger partial charge in [0.1, 0.15) is 11.6 Å². The van der Waals surface area contributed by atoms with Gasteiger partial charge in [0, 0.05) is 12.2 Å². The number of halogens is 2. The first-order chi connectivity index (χ1) is 16.1. The van der Waals surface area contributed by atoms with Gasteiger partial charge in [-0.1, -0.05) is 37.1 Å². The largest absolute Gasteiger partial charge is 0.337 e. The molecular formula is C26H27F2N3O2S. The maximum absolute atomic E-state index is 14.1. The molecule has 0 saturated carbocycles. The van der Waals surface area contributed by atoms with Crippen molar-refractivity contribution in [2.24, 2.45) is 0 Å². The number of carbonyl (C=O) groups excluding carboxylic acids is 2. The quantitative estimate of drug-likeness (QED) is 0.374. The lowest BCUT2D eigenvalue weighted by Gasteiger charge is -2.26. The molecule has 2 N–H and O–H groups in total. The number of carbonyl (C=O) groups is 2. The first-order valence-corrected chi connectivity index (χ1v) is 11.2. The third-order valence-corrected chi connectivity index (χ3v) is 6.33. The Labute approximate surface area is 203 Å². The highest BCUT2D eigenvalue weighted by Crippen LogP contribution is 2.37. The normalized spacial score (nSPS) is 10.7. The molecule has 3 aromatic carbocycles. The van der Waals surface area contributed by atoms with Crippen LogP contribution in [0.5, 0.6) is 0 Å². The minimum Gasteiger partial charge on any atom is -0.337 e. The number of hydrogen-bond donors (Lipinski definition) is 3. The second kappa shape index (κ2) is 10.7. The van der Waals surface area contributed by atoms with Crippen LogP contribution in [-0.4, -0.2) is 18.5 Å². The zero-order valence-electron chi connectivity index (χ0n) is 19.5. The van der Waals surface area contributed by atoms with E-state index in [0.717, 1.165) is 27.8 Å². The summed E-state index contributed by atoms with van der Waals surface area (Å²) in [5.74, 6) is -1.45. The summed E-state index contributed by atoms with van der Waals surface area (Å²) in [6.07, 6.45) is 0.546. The van der Waals surface area contributed by atoms with E-state index in [9.17, 15) is 18.4 Å². The lowest BCUT2D eigenvalue weighted by atomic mass is 9.95. The number of anilines is 2. The molecule has 0 atom stereocenters. The van der Waals surface area contributed by atoms with E-state index in [1.807, 2.05) is 27.7 Å². The first kappa shape index (κ1) is 25.2. The fraction of sp³-hybridized carbons (Fsp3) is 0.231. The van der Waals surface area contributed by atoms with Gasteiger partial charge in [-0.15, -0.1) is 0 Å². The molecule has 178 valence electrons. The highest BCUT2D eigenvalue weighted by atomic mass is 32.1. The lowest BCUT2D eigenvalue weighted by Crippen LogP contribution is -2.36. The van der Waals surface area contributed by atoms with Crippen molar-refractivity contribution in [3.05, 3.63) is 93.5 Å². The van der Waals surface area contributed by atoms with Crippen LogP contribution in [0.2, 0.25) is 0 Å². The van der Waals surface area contributed by atoms with Crippen molar-refractivity contribution >= 4 is 36.1 Å². The number of hydrogen-bond acceptors (Lipinski definition) is 3. The van der Waals surface area contributed by atoms with Crippen LogP contribution in [0.1, 0.15) is 38.2 Å².